The van der Waals surface area contributed by atoms with Crippen molar-refractivity contribution in [2.75, 3.05) is 26.2 Å². The van der Waals surface area contributed by atoms with E-state index in [4.69, 9.17) is 0 Å². The molecule has 1 aliphatic rings. The monoisotopic (exact) mass is 317 g/mol. The number of nitrogens with zero attached hydrogens (tertiary/aromatic N) is 1. The lowest BCUT2D eigenvalue weighted by Gasteiger charge is -2.31. The Morgan fingerprint density at radius 1 is 1.22 bits per heavy atom. The van der Waals surface area contributed by atoms with Gasteiger partial charge in [0.15, 0.2) is 0 Å². The average molecular weight is 317 g/mol. The number of carbonyl (C=O) groups excluding carboxylic acids is 2. The van der Waals surface area contributed by atoms with Crippen molar-refractivity contribution < 1.29 is 9.59 Å². The fourth-order valence-electron chi connectivity index (χ4n) is 2.69. The van der Waals surface area contributed by atoms with Gasteiger partial charge < -0.3 is 15.5 Å². The van der Waals surface area contributed by atoms with Crippen molar-refractivity contribution in [1.29, 1.82) is 0 Å². The molecule has 2 amide bonds. The maximum atomic E-state index is 12.2. The number of rotatable bonds is 7. The molecule has 1 heterocycles. The van der Waals surface area contributed by atoms with Crippen molar-refractivity contribution in [3.8, 4) is 0 Å². The molecule has 0 saturated carbocycles. The van der Waals surface area contributed by atoms with E-state index in [1.165, 1.54) is 0 Å². The molecule has 1 aromatic carbocycles. The van der Waals surface area contributed by atoms with Gasteiger partial charge in [-0.1, -0.05) is 19.1 Å². The van der Waals surface area contributed by atoms with Gasteiger partial charge in [-0.05, 0) is 50.6 Å². The van der Waals surface area contributed by atoms with E-state index in [0.29, 0.717) is 31.1 Å². The maximum absolute atomic E-state index is 12.2. The fourth-order valence-corrected chi connectivity index (χ4v) is 2.69. The van der Waals surface area contributed by atoms with Gasteiger partial charge in [-0.25, -0.2) is 0 Å². The number of amides is 2. The Bertz CT molecular complexity index is 534. The van der Waals surface area contributed by atoms with E-state index in [0.717, 1.165) is 18.7 Å². The van der Waals surface area contributed by atoms with E-state index in [1.54, 1.807) is 4.90 Å². The van der Waals surface area contributed by atoms with Gasteiger partial charge in [0.1, 0.15) is 0 Å². The summed E-state index contributed by atoms with van der Waals surface area (Å²) >= 11 is 0. The summed E-state index contributed by atoms with van der Waals surface area (Å²) < 4.78 is 0. The van der Waals surface area contributed by atoms with Gasteiger partial charge in [-0.15, -0.1) is 0 Å². The summed E-state index contributed by atoms with van der Waals surface area (Å²) in [6, 6.07) is 7.49. The van der Waals surface area contributed by atoms with Crippen LogP contribution in [0.25, 0.3) is 0 Å². The molecule has 23 heavy (non-hydrogen) atoms. The molecule has 0 spiro atoms. The standard InChI is InChI=1S/C18H27N3O2/c1-4-21(5-2)18(23)15-8-6-14(7-9-15)10-20-17(22)13(3)16-11-19-12-16/h6-9,13,16,19H,4-5,10-12H2,1-3H3,(H,20,22). The van der Waals surface area contributed by atoms with Crippen molar-refractivity contribution in [2.24, 2.45) is 11.8 Å². The quantitative estimate of drug-likeness (QED) is 0.804. The minimum absolute atomic E-state index is 0.0415. The first kappa shape index (κ1) is 17.5. The van der Waals surface area contributed by atoms with Crippen LogP contribution in [0.3, 0.4) is 0 Å². The Morgan fingerprint density at radius 3 is 2.30 bits per heavy atom. The van der Waals surface area contributed by atoms with Crippen molar-refractivity contribution in [1.82, 2.24) is 15.5 Å². The highest BCUT2D eigenvalue weighted by Gasteiger charge is 2.28. The Hall–Kier alpha value is -1.88. The molecule has 5 heteroatoms. The first-order chi connectivity index (χ1) is 11.1. The number of benzene rings is 1. The van der Waals surface area contributed by atoms with Gasteiger partial charge in [0.25, 0.3) is 5.91 Å². The second-order valence-corrected chi connectivity index (χ2v) is 6.10. The lowest BCUT2D eigenvalue weighted by atomic mass is 9.88. The molecule has 0 aliphatic carbocycles. The van der Waals surface area contributed by atoms with Crippen molar-refractivity contribution in [3.05, 3.63) is 35.4 Å². The SMILES string of the molecule is CCN(CC)C(=O)c1ccc(CNC(=O)C(C)C2CNC2)cc1. The van der Waals surface area contributed by atoms with Gasteiger partial charge in [-0.2, -0.15) is 0 Å². The number of hydrogen-bond donors (Lipinski definition) is 2. The van der Waals surface area contributed by atoms with Crippen LogP contribution < -0.4 is 10.6 Å². The predicted octanol–water partition coefficient (Wildman–Crippen LogP) is 1.64. The molecule has 0 bridgehead atoms. The summed E-state index contributed by atoms with van der Waals surface area (Å²) in [6.07, 6.45) is 0. The molecule has 0 aromatic heterocycles. The summed E-state index contributed by atoms with van der Waals surface area (Å²) in [6.45, 7) is 9.71. The van der Waals surface area contributed by atoms with Crippen molar-refractivity contribution in [2.45, 2.75) is 27.3 Å². The Morgan fingerprint density at radius 2 is 1.83 bits per heavy atom. The van der Waals surface area contributed by atoms with Crippen molar-refractivity contribution >= 4 is 11.8 Å². The first-order valence-corrected chi connectivity index (χ1v) is 8.43. The van der Waals surface area contributed by atoms with Gasteiger partial charge in [0, 0.05) is 31.1 Å². The smallest absolute Gasteiger partial charge is 0.253 e. The Balaban J connectivity index is 1.87. The van der Waals surface area contributed by atoms with Gasteiger partial charge in [0.2, 0.25) is 5.91 Å². The van der Waals surface area contributed by atoms with Crippen LogP contribution in [0.15, 0.2) is 24.3 Å². The summed E-state index contributed by atoms with van der Waals surface area (Å²) in [5, 5.41) is 6.17. The molecule has 126 valence electrons. The largest absolute Gasteiger partial charge is 0.352 e. The zero-order chi connectivity index (χ0) is 16.8. The summed E-state index contributed by atoms with van der Waals surface area (Å²) in [4.78, 5) is 26.1. The normalized spacial score (nSPS) is 15.6. The predicted molar refractivity (Wildman–Crippen MR) is 91.1 cm³/mol. The first-order valence-electron chi connectivity index (χ1n) is 8.43. The molecule has 2 rings (SSSR count). The third kappa shape index (κ3) is 4.32. The van der Waals surface area contributed by atoms with Crippen molar-refractivity contribution in [3.63, 3.8) is 0 Å². The summed E-state index contributed by atoms with van der Waals surface area (Å²) in [7, 11) is 0. The number of carbonyl (C=O) groups is 2. The molecule has 1 atom stereocenters. The zero-order valence-corrected chi connectivity index (χ0v) is 14.3. The topological polar surface area (TPSA) is 61.4 Å². The van der Waals surface area contributed by atoms with Crippen LogP contribution in [-0.2, 0) is 11.3 Å². The van der Waals surface area contributed by atoms with E-state index >= 15 is 0 Å². The lowest BCUT2D eigenvalue weighted by molar-refractivity contribution is -0.126. The molecular formula is C18H27N3O2. The molecular weight excluding hydrogens is 290 g/mol. The minimum Gasteiger partial charge on any atom is -0.352 e. The molecule has 2 N–H and O–H groups in total. The second kappa shape index (κ2) is 8.11. The van der Waals surface area contributed by atoms with Crippen LogP contribution >= 0.6 is 0 Å². The third-order valence-corrected chi connectivity index (χ3v) is 4.65. The van der Waals surface area contributed by atoms with Crippen LogP contribution in [0.4, 0.5) is 0 Å². The second-order valence-electron chi connectivity index (χ2n) is 6.10. The molecule has 0 radical (unpaired) electrons. The zero-order valence-electron chi connectivity index (χ0n) is 14.3. The van der Waals surface area contributed by atoms with E-state index in [9.17, 15) is 9.59 Å². The van der Waals surface area contributed by atoms with Crippen LogP contribution in [0.2, 0.25) is 0 Å². The van der Waals surface area contributed by atoms with Crippen LogP contribution in [0.1, 0.15) is 36.7 Å². The number of nitrogens with one attached hydrogen (secondary N) is 2. The van der Waals surface area contributed by atoms with E-state index < -0.39 is 0 Å². The van der Waals surface area contributed by atoms with Gasteiger partial charge in [-0.3, -0.25) is 9.59 Å². The minimum atomic E-state index is 0.0415. The van der Waals surface area contributed by atoms with Gasteiger partial charge >= 0.3 is 0 Å². The number of hydrogen-bond acceptors (Lipinski definition) is 3. The van der Waals surface area contributed by atoms with Gasteiger partial charge in [0.05, 0.1) is 0 Å². The Kier molecular flexibility index (Phi) is 6.16. The highest BCUT2D eigenvalue weighted by molar-refractivity contribution is 5.94. The molecule has 1 fully saturated rings. The molecule has 1 aliphatic heterocycles. The highest BCUT2D eigenvalue weighted by Crippen LogP contribution is 2.16. The van der Waals surface area contributed by atoms with E-state index in [-0.39, 0.29) is 17.7 Å². The highest BCUT2D eigenvalue weighted by atomic mass is 16.2. The third-order valence-electron chi connectivity index (χ3n) is 4.65. The van der Waals surface area contributed by atoms with Crippen LogP contribution in [-0.4, -0.2) is 42.9 Å². The van der Waals surface area contributed by atoms with Crippen LogP contribution in [0, 0.1) is 11.8 Å². The molecule has 1 unspecified atom stereocenters. The lowest BCUT2D eigenvalue weighted by Crippen LogP contribution is -2.49. The maximum Gasteiger partial charge on any atom is 0.253 e. The summed E-state index contributed by atoms with van der Waals surface area (Å²) in [5.41, 5.74) is 1.70. The van der Waals surface area contributed by atoms with E-state index in [2.05, 4.69) is 10.6 Å². The Labute approximate surface area is 138 Å². The summed E-state index contributed by atoms with van der Waals surface area (Å²) in [5.74, 6) is 0.639. The van der Waals surface area contributed by atoms with Crippen LogP contribution in [0.5, 0.6) is 0 Å². The van der Waals surface area contributed by atoms with E-state index in [1.807, 2.05) is 45.0 Å². The molecule has 5 nitrogen and oxygen atoms in total. The molecule has 1 saturated heterocycles. The fraction of sp³-hybridized carbons (Fsp3) is 0.556. The molecule has 1 aromatic rings. The average Bonchev–Trinajstić information content (AvgIpc) is 2.52.